The summed E-state index contributed by atoms with van der Waals surface area (Å²) in [7, 11) is 0. The number of carbonyl (C=O) groups is 1. The van der Waals surface area contributed by atoms with Crippen LogP contribution in [-0.4, -0.2) is 47.1 Å². The zero-order valence-corrected chi connectivity index (χ0v) is 18.8. The van der Waals surface area contributed by atoms with Crippen molar-refractivity contribution in [3.05, 3.63) is 52.8 Å². The van der Waals surface area contributed by atoms with Gasteiger partial charge in [0, 0.05) is 18.7 Å². The number of ether oxygens (including phenoxy) is 1. The molecule has 1 aliphatic heterocycles. The van der Waals surface area contributed by atoms with E-state index >= 15 is 0 Å². The Balaban J connectivity index is 1.42. The second-order valence-electron chi connectivity index (χ2n) is 8.25. The summed E-state index contributed by atoms with van der Waals surface area (Å²) in [5.41, 5.74) is 1.51. The molecule has 0 aliphatic carbocycles. The number of piperidine rings is 1. The van der Waals surface area contributed by atoms with E-state index in [2.05, 4.69) is 20.2 Å². The first kappa shape index (κ1) is 22.2. The lowest BCUT2D eigenvalue weighted by molar-refractivity contribution is 0.0526. The number of benzene rings is 1. The monoisotopic (exact) mass is 440 g/mol. The van der Waals surface area contributed by atoms with Crippen molar-refractivity contribution < 1.29 is 18.3 Å². The minimum Gasteiger partial charge on any atom is -0.462 e. The van der Waals surface area contributed by atoms with E-state index < -0.39 is 5.97 Å². The third kappa shape index (κ3) is 4.75. The van der Waals surface area contributed by atoms with Gasteiger partial charge in [0.15, 0.2) is 0 Å². The number of hydrogen-bond donors (Lipinski definition) is 1. The summed E-state index contributed by atoms with van der Waals surface area (Å²) in [5.74, 6) is 1.53. The van der Waals surface area contributed by atoms with Crippen LogP contribution in [0.2, 0.25) is 0 Å². The van der Waals surface area contributed by atoms with Crippen LogP contribution in [0.3, 0.4) is 0 Å². The van der Waals surface area contributed by atoms with Gasteiger partial charge in [-0.15, -0.1) is 0 Å². The zero-order valence-electron chi connectivity index (χ0n) is 18.8. The van der Waals surface area contributed by atoms with Gasteiger partial charge < -0.3 is 14.5 Å². The first-order valence-electron chi connectivity index (χ1n) is 11.1. The van der Waals surface area contributed by atoms with Gasteiger partial charge in [-0.25, -0.2) is 14.2 Å². The SMILES string of the molecule is CCOC(=O)c1c(C)oc2nc(C)nc(NCC3CCN(Cc4ccccc4F)CC3)c12. The molecule has 2 aromatic heterocycles. The molecule has 0 unspecified atom stereocenters. The third-order valence-corrected chi connectivity index (χ3v) is 5.94. The standard InChI is InChI=1S/C24H29FN4O3/c1-4-31-24(30)20-15(2)32-23-21(20)22(27-16(3)28-23)26-13-17-9-11-29(12-10-17)14-18-7-5-6-8-19(18)25/h5-8,17H,4,9-14H2,1-3H3,(H,26,27,28). The van der Waals surface area contributed by atoms with E-state index in [1.807, 2.05) is 12.1 Å². The Morgan fingerprint density at radius 2 is 2.00 bits per heavy atom. The number of anilines is 1. The molecule has 1 saturated heterocycles. The molecule has 4 rings (SSSR count). The number of fused-ring (bicyclic) bond motifs is 1. The molecule has 32 heavy (non-hydrogen) atoms. The fourth-order valence-electron chi connectivity index (χ4n) is 4.25. The van der Waals surface area contributed by atoms with Crippen LogP contribution in [0.25, 0.3) is 11.1 Å². The zero-order chi connectivity index (χ0) is 22.7. The first-order chi connectivity index (χ1) is 15.5. The highest BCUT2D eigenvalue weighted by Crippen LogP contribution is 2.31. The van der Waals surface area contributed by atoms with Gasteiger partial charge in [0.25, 0.3) is 0 Å². The first-order valence-corrected chi connectivity index (χ1v) is 11.1. The Hall–Kier alpha value is -3.00. The lowest BCUT2D eigenvalue weighted by atomic mass is 9.96. The average molecular weight is 441 g/mol. The highest BCUT2D eigenvalue weighted by atomic mass is 19.1. The Kier molecular flexibility index (Phi) is 6.69. The molecular formula is C24H29FN4O3. The number of esters is 1. The Morgan fingerprint density at radius 1 is 1.25 bits per heavy atom. The van der Waals surface area contributed by atoms with Gasteiger partial charge in [-0.2, -0.15) is 4.98 Å². The van der Waals surface area contributed by atoms with E-state index in [4.69, 9.17) is 9.15 Å². The topological polar surface area (TPSA) is 80.5 Å². The fourth-order valence-corrected chi connectivity index (χ4v) is 4.25. The number of nitrogens with one attached hydrogen (secondary N) is 1. The van der Waals surface area contributed by atoms with Crippen LogP contribution in [0.1, 0.15) is 47.3 Å². The van der Waals surface area contributed by atoms with Crippen molar-refractivity contribution >= 4 is 22.9 Å². The van der Waals surface area contributed by atoms with Gasteiger partial charge in [-0.3, -0.25) is 4.90 Å². The normalized spacial score (nSPS) is 15.2. The summed E-state index contributed by atoms with van der Waals surface area (Å²) in [6.45, 7) is 8.78. The average Bonchev–Trinajstić information content (AvgIpc) is 3.10. The lowest BCUT2D eigenvalue weighted by Crippen LogP contribution is -2.35. The number of aryl methyl sites for hydroxylation is 2. The van der Waals surface area contributed by atoms with Crippen LogP contribution >= 0.6 is 0 Å². The number of furan rings is 1. The number of hydrogen-bond acceptors (Lipinski definition) is 7. The minimum atomic E-state index is -0.430. The molecular weight excluding hydrogens is 411 g/mol. The molecule has 0 saturated carbocycles. The number of carbonyl (C=O) groups excluding carboxylic acids is 1. The van der Waals surface area contributed by atoms with Crippen LogP contribution in [0.15, 0.2) is 28.7 Å². The highest BCUT2D eigenvalue weighted by Gasteiger charge is 2.25. The van der Waals surface area contributed by atoms with E-state index in [9.17, 15) is 9.18 Å². The van der Waals surface area contributed by atoms with Crippen molar-refractivity contribution in [3.8, 4) is 0 Å². The number of likely N-dealkylation sites (tertiary alicyclic amines) is 1. The molecule has 0 atom stereocenters. The molecule has 0 radical (unpaired) electrons. The van der Waals surface area contributed by atoms with E-state index in [1.54, 1.807) is 26.8 Å². The van der Waals surface area contributed by atoms with E-state index in [-0.39, 0.29) is 12.4 Å². The van der Waals surface area contributed by atoms with Crippen molar-refractivity contribution in [1.82, 2.24) is 14.9 Å². The maximum absolute atomic E-state index is 13.9. The summed E-state index contributed by atoms with van der Waals surface area (Å²) in [5, 5.41) is 4.00. The third-order valence-electron chi connectivity index (χ3n) is 5.94. The number of halogens is 1. The maximum Gasteiger partial charge on any atom is 0.342 e. The number of nitrogens with zero attached hydrogens (tertiary/aromatic N) is 3. The molecule has 1 aromatic carbocycles. The molecule has 3 aromatic rings. The van der Waals surface area contributed by atoms with Crippen LogP contribution < -0.4 is 5.32 Å². The van der Waals surface area contributed by atoms with Crippen molar-refractivity contribution in [2.75, 3.05) is 31.6 Å². The smallest absolute Gasteiger partial charge is 0.342 e. The molecule has 170 valence electrons. The molecule has 1 aliphatic rings. The number of rotatable bonds is 7. The summed E-state index contributed by atoms with van der Waals surface area (Å²) >= 11 is 0. The van der Waals surface area contributed by atoms with Crippen LogP contribution in [0.5, 0.6) is 0 Å². The summed E-state index contributed by atoms with van der Waals surface area (Å²) in [6, 6.07) is 6.96. The summed E-state index contributed by atoms with van der Waals surface area (Å²) in [6.07, 6.45) is 2.01. The Morgan fingerprint density at radius 3 is 2.72 bits per heavy atom. The van der Waals surface area contributed by atoms with E-state index in [0.717, 1.165) is 38.0 Å². The molecule has 8 heteroatoms. The second-order valence-corrected chi connectivity index (χ2v) is 8.25. The maximum atomic E-state index is 13.9. The minimum absolute atomic E-state index is 0.146. The van der Waals surface area contributed by atoms with Crippen LogP contribution in [0.4, 0.5) is 10.2 Å². The summed E-state index contributed by atoms with van der Waals surface area (Å²) in [4.78, 5) is 23.7. The van der Waals surface area contributed by atoms with Crippen molar-refractivity contribution in [2.24, 2.45) is 5.92 Å². The van der Waals surface area contributed by atoms with Gasteiger partial charge in [-0.05, 0) is 58.7 Å². The Bertz CT molecular complexity index is 1110. The molecule has 0 amide bonds. The van der Waals surface area contributed by atoms with Crippen LogP contribution in [0, 0.1) is 25.6 Å². The van der Waals surface area contributed by atoms with Gasteiger partial charge in [-0.1, -0.05) is 18.2 Å². The number of aromatic nitrogens is 2. The predicted molar refractivity (Wildman–Crippen MR) is 120 cm³/mol. The predicted octanol–water partition coefficient (Wildman–Crippen LogP) is 4.48. The van der Waals surface area contributed by atoms with E-state index in [1.165, 1.54) is 6.07 Å². The van der Waals surface area contributed by atoms with Crippen molar-refractivity contribution in [1.29, 1.82) is 0 Å². The Labute approximate surface area is 187 Å². The molecule has 1 fully saturated rings. The van der Waals surface area contributed by atoms with Gasteiger partial charge in [0.05, 0.1) is 12.0 Å². The fraction of sp³-hybridized carbons (Fsp3) is 0.458. The van der Waals surface area contributed by atoms with Gasteiger partial charge >= 0.3 is 5.97 Å². The van der Waals surface area contributed by atoms with Crippen molar-refractivity contribution in [2.45, 2.75) is 40.2 Å². The lowest BCUT2D eigenvalue weighted by Gasteiger charge is -2.32. The van der Waals surface area contributed by atoms with E-state index in [0.29, 0.717) is 46.5 Å². The van der Waals surface area contributed by atoms with Gasteiger partial charge in [0.2, 0.25) is 5.71 Å². The highest BCUT2D eigenvalue weighted by molar-refractivity contribution is 6.07. The molecule has 0 spiro atoms. The summed E-state index contributed by atoms with van der Waals surface area (Å²) < 4.78 is 24.9. The van der Waals surface area contributed by atoms with Gasteiger partial charge in [0.1, 0.15) is 28.8 Å². The molecule has 0 bridgehead atoms. The quantitative estimate of drug-likeness (QED) is 0.543. The molecule has 7 nitrogen and oxygen atoms in total. The second kappa shape index (κ2) is 9.65. The molecule has 1 N–H and O–H groups in total. The van der Waals surface area contributed by atoms with Crippen molar-refractivity contribution in [3.63, 3.8) is 0 Å². The molecule has 3 heterocycles. The largest absolute Gasteiger partial charge is 0.462 e. The van der Waals surface area contributed by atoms with Crippen LogP contribution in [-0.2, 0) is 11.3 Å².